The van der Waals surface area contributed by atoms with Gasteiger partial charge in [0.15, 0.2) is 0 Å². The molecule has 0 radical (unpaired) electrons. The van der Waals surface area contributed by atoms with Gasteiger partial charge in [0.2, 0.25) is 0 Å². The molecular formula is C11H19BrO4. The largest absolute Gasteiger partial charge is 0.466 e. The monoisotopic (exact) mass is 294 g/mol. The van der Waals surface area contributed by atoms with Crippen molar-refractivity contribution in [1.82, 2.24) is 0 Å². The summed E-state index contributed by atoms with van der Waals surface area (Å²) in [5, 5.41) is 0. The lowest BCUT2D eigenvalue weighted by Crippen LogP contribution is -2.31. The molecule has 1 fully saturated rings. The first kappa shape index (κ1) is 15.4. The number of ether oxygens (including phenoxy) is 2. The zero-order valence-electron chi connectivity index (χ0n) is 8.92. The van der Waals surface area contributed by atoms with Crippen LogP contribution in [0.3, 0.4) is 0 Å². The summed E-state index contributed by atoms with van der Waals surface area (Å²) in [4.78, 5) is 22.5. The first-order valence-corrected chi connectivity index (χ1v) is 5.74. The number of hydrogen-bond acceptors (Lipinski definition) is 4. The maximum atomic E-state index is 11.5. The molecule has 1 unspecified atom stereocenters. The lowest BCUT2D eigenvalue weighted by atomic mass is 10.1. The second kappa shape index (κ2) is 6.23. The van der Waals surface area contributed by atoms with Gasteiger partial charge in [-0.25, -0.2) is 0 Å². The van der Waals surface area contributed by atoms with Crippen LogP contribution >= 0.6 is 15.9 Å². The molecule has 1 heterocycles. The minimum Gasteiger partial charge on any atom is -0.466 e. The topological polar surface area (TPSA) is 52.6 Å². The Morgan fingerprint density at radius 2 is 2.12 bits per heavy atom. The summed E-state index contributed by atoms with van der Waals surface area (Å²) in [6, 6.07) is 0. The Morgan fingerprint density at radius 1 is 1.50 bits per heavy atom. The highest BCUT2D eigenvalue weighted by atomic mass is 79.9. The van der Waals surface area contributed by atoms with Gasteiger partial charge in [0.25, 0.3) is 0 Å². The molecule has 0 bridgehead atoms. The van der Waals surface area contributed by atoms with E-state index in [0.717, 1.165) is 0 Å². The van der Waals surface area contributed by atoms with Crippen molar-refractivity contribution in [2.24, 2.45) is 0 Å². The van der Waals surface area contributed by atoms with Crippen molar-refractivity contribution in [3.8, 4) is 0 Å². The number of alkyl halides is 1. The van der Waals surface area contributed by atoms with Crippen LogP contribution in [0.25, 0.3) is 0 Å². The molecule has 0 aliphatic carbocycles. The summed E-state index contributed by atoms with van der Waals surface area (Å²) in [7, 11) is 0. The fraction of sp³-hybridized carbons (Fsp3) is 0.818. The third kappa shape index (κ3) is 4.96. The predicted molar refractivity (Wildman–Crippen MR) is 64.4 cm³/mol. The maximum absolute atomic E-state index is 11.5. The van der Waals surface area contributed by atoms with Crippen molar-refractivity contribution in [2.75, 3.05) is 6.61 Å². The van der Waals surface area contributed by atoms with E-state index in [0.29, 0.717) is 25.9 Å². The van der Waals surface area contributed by atoms with Crippen LogP contribution in [0.2, 0.25) is 0 Å². The number of cyclic esters (lactones) is 1. The molecule has 0 aromatic carbocycles. The zero-order valence-corrected chi connectivity index (χ0v) is 10.5. The Morgan fingerprint density at radius 3 is 2.69 bits per heavy atom. The van der Waals surface area contributed by atoms with E-state index in [9.17, 15) is 9.59 Å². The highest BCUT2D eigenvalue weighted by Crippen LogP contribution is 2.21. The van der Waals surface area contributed by atoms with E-state index in [1.807, 2.05) is 0 Å². The summed E-state index contributed by atoms with van der Waals surface area (Å²) >= 11 is 3.23. The summed E-state index contributed by atoms with van der Waals surface area (Å²) in [6.45, 7) is 3.79. The van der Waals surface area contributed by atoms with Gasteiger partial charge < -0.3 is 9.47 Å². The minimum atomic E-state index is -0.676. The smallest absolute Gasteiger partial charge is 0.322 e. The Labute approximate surface area is 105 Å². The van der Waals surface area contributed by atoms with Crippen molar-refractivity contribution in [2.45, 2.75) is 51.0 Å². The molecule has 94 valence electrons. The van der Waals surface area contributed by atoms with Crippen LogP contribution < -0.4 is 0 Å². The van der Waals surface area contributed by atoms with Gasteiger partial charge in [-0.05, 0) is 20.3 Å². The summed E-state index contributed by atoms with van der Waals surface area (Å²) in [6.07, 6.45) is 1.25. The highest BCUT2D eigenvalue weighted by molar-refractivity contribution is 9.10. The molecule has 1 saturated heterocycles. The van der Waals surface area contributed by atoms with Crippen LogP contribution in [-0.2, 0) is 19.1 Å². The molecule has 0 saturated carbocycles. The van der Waals surface area contributed by atoms with Gasteiger partial charge in [0, 0.05) is 12.8 Å². The quantitative estimate of drug-likeness (QED) is 0.580. The maximum Gasteiger partial charge on any atom is 0.322 e. The van der Waals surface area contributed by atoms with Crippen LogP contribution in [-0.4, -0.2) is 29.0 Å². The fourth-order valence-corrected chi connectivity index (χ4v) is 1.30. The number of hydrogen-bond donors (Lipinski definition) is 0. The van der Waals surface area contributed by atoms with Crippen molar-refractivity contribution in [1.29, 1.82) is 0 Å². The normalized spacial score (nSPS) is 21.4. The van der Waals surface area contributed by atoms with Crippen LogP contribution in [0.5, 0.6) is 0 Å². The third-order valence-electron chi connectivity index (χ3n) is 2.13. The lowest BCUT2D eigenvalue weighted by molar-refractivity contribution is -0.151. The van der Waals surface area contributed by atoms with Crippen LogP contribution in [0, 0.1) is 0 Å². The third-order valence-corrected chi connectivity index (χ3v) is 2.46. The van der Waals surface area contributed by atoms with Crippen LogP contribution in [0.1, 0.15) is 40.5 Å². The molecule has 0 amide bonds. The molecule has 4 nitrogen and oxygen atoms in total. The summed E-state index contributed by atoms with van der Waals surface area (Å²) in [5.41, 5.74) is 0. The molecule has 16 heavy (non-hydrogen) atoms. The molecule has 0 aromatic heterocycles. The molecule has 1 aliphatic rings. The SMILES string of the molecule is C.CC(C)(Br)C(=O)OC1CCOC(=O)CC1. The first-order chi connectivity index (χ1) is 6.89. The second-order valence-electron chi connectivity index (χ2n) is 4.05. The average molecular weight is 295 g/mol. The molecule has 1 rings (SSSR count). The highest BCUT2D eigenvalue weighted by Gasteiger charge is 2.29. The van der Waals surface area contributed by atoms with Crippen molar-refractivity contribution in [3.05, 3.63) is 0 Å². The second-order valence-corrected chi connectivity index (χ2v) is 6.03. The van der Waals surface area contributed by atoms with Gasteiger partial charge >= 0.3 is 11.9 Å². The molecule has 0 aromatic rings. The number of esters is 2. The van der Waals surface area contributed by atoms with E-state index in [-0.39, 0.29) is 25.5 Å². The van der Waals surface area contributed by atoms with Gasteiger partial charge in [-0.1, -0.05) is 23.4 Å². The number of carbonyl (C=O) groups is 2. The average Bonchev–Trinajstić information content (AvgIpc) is 2.29. The summed E-state index contributed by atoms with van der Waals surface area (Å²) < 4.78 is 9.45. The van der Waals surface area contributed by atoms with Gasteiger partial charge in [0.1, 0.15) is 10.4 Å². The molecule has 5 heteroatoms. The van der Waals surface area contributed by atoms with Gasteiger partial charge in [-0.15, -0.1) is 0 Å². The fourth-order valence-electron chi connectivity index (χ4n) is 1.21. The van der Waals surface area contributed by atoms with E-state index < -0.39 is 4.32 Å². The lowest BCUT2D eigenvalue weighted by Gasteiger charge is -2.20. The molecule has 1 atom stereocenters. The first-order valence-electron chi connectivity index (χ1n) is 4.95. The minimum absolute atomic E-state index is 0. The Hall–Kier alpha value is -0.580. The van der Waals surface area contributed by atoms with Gasteiger partial charge in [0.05, 0.1) is 6.61 Å². The zero-order chi connectivity index (χ0) is 11.5. The van der Waals surface area contributed by atoms with Crippen molar-refractivity contribution < 1.29 is 19.1 Å². The Bertz CT molecular complexity index is 257. The molecule has 0 N–H and O–H groups in total. The predicted octanol–water partition coefficient (Wildman–Crippen LogP) is 2.43. The van der Waals surface area contributed by atoms with E-state index in [4.69, 9.17) is 9.47 Å². The number of rotatable bonds is 2. The van der Waals surface area contributed by atoms with Gasteiger partial charge in [-0.2, -0.15) is 0 Å². The van der Waals surface area contributed by atoms with Crippen LogP contribution in [0.4, 0.5) is 0 Å². The number of halogens is 1. The van der Waals surface area contributed by atoms with Gasteiger partial charge in [-0.3, -0.25) is 9.59 Å². The van der Waals surface area contributed by atoms with Crippen LogP contribution in [0.15, 0.2) is 0 Å². The van der Waals surface area contributed by atoms with Crippen molar-refractivity contribution >= 4 is 27.9 Å². The molecule has 0 spiro atoms. The van der Waals surface area contributed by atoms with E-state index in [1.165, 1.54) is 0 Å². The summed E-state index contributed by atoms with van der Waals surface area (Å²) in [5.74, 6) is -0.520. The van der Waals surface area contributed by atoms with E-state index in [2.05, 4.69) is 15.9 Å². The standard InChI is InChI=1S/C10H15BrO4.CH4/c1-10(2,11)9(13)15-7-3-4-8(12)14-6-5-7;/h7H,3-6H2,1-2H3;1H4. The molecular weight excluding hydrogens is 276 g/mol. The molecule has 1 aliphatic heterocycles. The van der Waals surface area contributed by atoms with E-state index >= 15 is 0 Å². The Balaban J connectivity index is 0.00000225. The number of carbonyl (C=O) groups excluding carboxylic acids is 2. The Kier molecular flexibility index (Phi) is 6.00. The van der Waals surface area contributed by atoms with E-state index in [1.54, 1.807) is 13.8 Å². The van der Waals surface area contributed by atoms with Crippen molar-refractivity contribution in [3.63, 3.8) is 0 Å².